The molecule has 0 aliphatic rings. The van der Waals surface area contributed by atoms with Gasteiger partial charge in [-0.3, -0.25) is 0 Å². The maximum atomic E-state index is 10.2. The Morgan fingerprint density at radius 2 is 0.765 bits per heavy atom. The van der Waals surface area contributed by atoms with E-state index in [1.807, 2.05) is 0 Å². The molecule has 0 atom stereocenters. The number of rotatable bonds is 19. The summed E-state index contributed by atoms with van der Waals surface area (Å²) in [7, 11) is 0. The summed E-state index contributed by atoms with van der Waals surface area (Å²) < 4.78 is 32.8. The summed E-state index contributed by atoms with van der Waals surface area (Å²) in [5.74, 6) is 1.35. The van der Waals surface area contributed by atoms with Crippen LogP contribution in [0.15, 0.2) is 58.5 Å². The highest BCUT2D eigenvalue weighted by molar-refractivity contribution is 5.50. The third-order valence-corrected chi connectivity index (χ3v) is 4.13. The fourth-order valence-corrected chi connectivity index (χ4v) is 2.54. The van der Waals surface area contributed by atoms with Gasteiger partial charge in [0, 0.05) is 0 Å². The predicted molar refractivity (Wildman–Crippen MR) is 123 cm³/mol. The third-order valence-electron chi connectivity index (χ3n) is 4.13. The molecule has 0 N–H and O–H groups in total. The molecular formula is C24H28N2O8. The molecule has 0 saturated carbocycles. The number of hydrogen-bond donors (Lipinski definition) is 0. The minimum absolute atomic E-state index is 0.410. The lowest BCUT2D eigenvalue weighted by Crippen LogP contribution is -2.14. The summed E-state index contributed by atoms with van der Waals surface area (Å²) in [6.07, 6.45) is 2.97. The SMILES string of the molecule is O=C=Nc1ccc(OCCOCCOCCOCCOCCOc2ccc(N=C=O)cc2)cc1. The predicted octanol–water partition coefficient (Wildman–Crippen LogP) is 3.15. The lowest BCUT2D eigenvalue weighted by Gasteiger charge is -2.09. The number of carbonyl (C=O) groups excluding carboxylic acids is 2. The fraction of sp³-hybridized carbons (Fsp3) is 0.417. The first-order valence-corrected chi connectivity index (χ1v) is 10.7. The van der Waals surface area contributed by atoms with E-state index in [0.29, 0.717) is 88.9 Å². The first-order chi connectivity index (χ1) is 16.8. The molecule has 0 bridgehead atoms. The molecule has 0 unspecified atom stereocenters. The molecule has 2 aromatic carbocycles. The van der Waals surface area contributed by atoms with E-state index in [9.17, 15) is 9.59 Å². The van der Waals surface area contributed by atoms with Crippen molar-refractivity contribution < 1.29 is 38.0 Å². The first-order valence-electron chi connectivity index (χ1n) is 10.7. The molecule has 2 rings (SSSR count). The second-order valence-electron chi connectivity index (χ2n) is 6.54. The van der Waals surface area contributed by atoms with Gasteiger partial charge in [0.2, 0.25) is 12.2 Å². The minimum Gasteiger partial charge on any atom is -0.491 e. The summed E-state index contributed by atoms with van der Waals surface area (Å²) in [6.45, 7) is 4.52. The van der Waals surface area contributed by atoms with Crippen molar-refractivity contribution in [3.05, 3.63) is 48.5 Å². The molecule has 10 heteroatoms. The molecule has 0 aliphatic heterocycles. The standard InChI is InChI=1S/C24H28N2O8/c27-19-25-21-1-5-23(6-2-21)33-17-15-31-13-11-29-9-10-30-12-14-32-16-18-34-24-7-3-22(4-8-24)26-20-28/h1-8H,9-18H2. The minimum atomic E-state index is 0.410. The molecule has 0 heterocycles. The third kappa shape index (κ3) is 12.6. The van der Waals surface area contributed by atoms with Crippen LogP contribution in [0, 0.1) is 0 Å². The number of aliphatic imine (C=N–C) groups is 2. The largest absolute Gasteiger partial charge is 0.491 e. The van der Waals surface area contributed by atoms with Crippen molar-refractivity contribution in [2.24, 2.45) is 9.98 Å². The van der Waals surface area contributed by atoms with Gasteiger partial charge in [0.05, 0.1) is 64.2 Å². The highest BCUT2D eigenvalue weighted by atomic mass is 16.6. The van der Waals surface area contributed by atoms with Gasteiger partial charge < -0.3 is 28.4 Å². The summed E-state index contributed by atoms with van der Waals surface area (Å²) in [4.78, 5) is 27.4. The zero-order valence-corrected chi connectivity index (χ0v) is 18.9. The summed E-state index contributed by atoms with van der Waals surface area (Å²) >= 11 is 0. The van der Waals surface area contributed by atoms with Crippen LogP contribution in [0.1, 0.15) is 0 Å². The Morgan fingerprint density at radius 3 is 1.06 bits per heavy atom. The maximum Gasteiger partial charge on any atom is 0.240 e. The van der Waals surface area contributed by atoms with E-state index in [4.69, 9.17) is 28.4 Å². The van der Waals surface area contributed by atoms with Crippen LogP contribution in [0.3, 0.4) is 0 Å². The average molecular weight is 472 g/mol. The van der Waals surface area contributed by atoms with Crippen LogP contribution in [0.25, 0.3) is 0 Å². The number of nitrogens with zero attached hydrogens (tertiary/aromatic N) is 2. The topological polar surface area (TPSA) is 114 Å². The average Bonchev–Trinajstić information content (AvgIpc) is 2.86. The Hall–Kier alpha value is -3.36. The maximum absolute atomic E-state index is 10.2. The van der Waals surface area contributed by atoms with Crippen LogP contribution in [-0.4, -0.2) is 78.2 Å². The number of benzene rings is 2. The van der Waals surface area contributed by atoms with E-state index in [1.54, 1.807) is 48.5 Å². The van der Waals surface area contributed by atoms with Gasteiger partial charge in [-0.1, -0.05) is 0 Å². The van der Waals surface area contributed by atoms with Crippen LogP contribution in [0.2, 0.25) is 0 Å². The number of hydrogen-bond acceptors (Lipinski definition) is 10. The van der Waals surface area contributed by atoms with E-state index < -0.39 is 0 Å². The lowest BCUT2D eigenvalue weighted by atomic mass is 10.3. The van der Waals surface area contributed by atoms with Crippen LogP contribution < -0.4 is 9.47 Å². The smallest absolute Gasteiger partial charge is 0.240 e. The Morgan fingerprint density at radius 1 is 0.471 bits per heavy atom. The first kappa shape index (κ1) is 26.9. The zero-order chi connectivity index (χ0) is 24.1. The fourth-order valence-electron chi connectivity index (χ4n) is 2.54. The highest BCUT2D eigenvalue weighted by Crippen LogP contribution is 2.18. The Labute approximate surface area is 198 Å². The monoisotopic (exact) mass is 472 g/mol. The quantitative estimate of drug-likeness (QED) is 0.174. The van der Waals surface area contributed by atoms with Gasteiger partial charge in [0.1, 0.15) is 24.7 Å². The van der Waals surface area contributed by atoms with E-state index in [1.165, 1.54) is 12.2 Å². The van der Waals surface area contributed by atoms with E-state index in [2.05, 4.69) is 9.98 Å². The van der Waals surface area contributed by atoms with E-state index in [0.717, 1.165) is 0 Å². The van der Waals surface area contributed by atoms with Crippen molar-refractivity contribution >= 4 is 23.5 Å². The molecule has 0 fully saturated rings. The van der Waals surface area contributed by atoms with E-state index in [-0.39, 0.29) is 0 Å². The Kier molecular flexibility index (Phi) is 14.3. The van der Waals surface area contributed by atoms with Crippen molar-refractivity contribution in [1.82, 2.24) is 0 Å². The molecular weight excluding hydrogens is 444 g/mol. The second-order valence-corrected chi connectivity index (χ2v) is 6.54. The molecule has 0 aliphatic carbocycles. The van der Waals surface area contributed by atoms with Gasteiger partial charge in [0.15, 0.2) is 0 Å². The lowest BCUT2D eigenvalue weighted by molar-refractivity contribution is -0.00698. The Balaban J connectivity index is 1.31. The summed E-state index contributed by atoms with van der Waals surface area (Å²) in [5, 5.41) is 0. The van der Waals surface area contributed by atoms with Crippen LogP contribution in [-0.2, 0) is 28.5 Å². The van der Waals surface area contributed by atoms with Crippen LogP contribution in [0.5, 0.6) is 11.5 Å². The van der Waals surface area contributed by atoms with Crippen LogP contribution >= 0.6 is 0 Å². The van der Waals surface area contributed by atoms with Crippen molar-refractivity contribution in [1.29, 1.82) is 0 Å². The molecule has 0 aromatic heterocycles. The molecule has 0 amide bonds. The van der Waals surface area contributed by atoms with Gasteiger partial charge >= 0.3 is 0 Å². The molecule has 10 nitrogen and oxygen atoms in total. The Bertz CT molecular complexity index is 817. The normalized spacial score (nSPS) is 10.2. The zero-order valence-electron chi connectivity index (χ0n) is 18.9. The number of ether oxygens (including phenoxy) is 6. The second kappa shape index (κ2) is 18.1. The van der Waals surface area contributed by atoms with Gasteiger partial charge in [-0.2, -0.15) is 9.98 Å². The van der Waals surface area contributed by atoms with Crippen molar-refractivity contribution in [3.63, 3.8) is 0 Å². The molecule has 0 radical (unpaired) electrons. The molecule has 0 saturated heterocycles. The van der Waals surface area contributed by atoms with Gasteiger partial charge in [-0.15, -0.1) is 0 Å². The molecule has 0 spiro atoms. The molecule has 34 heavy (non-hydrogen) atoms. The highest BCUT2D eigenvalue weighted by Gasteiger charge is 1.97. The van der Waals surface area contributed by atoms with Crippen molar-refractivity contribution in [3.8, 4) is 11.5 Å². The van der Waals surface area contributed by atoms with Crippen LogP contribution in [0.4, 0.5) is 11.4 Å². The van der Waals surface area contributed by atoms with Gasteiger partial charge in [-0.05, 0) is 48.5 Å². The van der Waals surface area contributed by atoms with Gasteiger partial charge in [0.25, 0.3) is 0 Å². The molecule has 182 valence electrons. The summed E-state index contributed by atoms with van der Waals surface area (Å²) in [6, 6.07) is 13.6. The summed E-state index contributed by atoms with van der Waals surface area (Å²) in [5.41, 5.74) is 1.06. The molecule has 2 aromatic rings. The van der Waals surface area contributed by atoms with Crippen molar-refractivity contribution in [2.45, 2.75) is 0 Å². The van der Waals surface area contributed by atoms with Crippen molar-refractivity contribution in [2.75, 3.05) is 66.1 Å². The van der Waals surface area contributed by atoms with E-state index >= 15 is 0 Å². The van der Waals surface area contributed by atoms with Gasteiger partial charge in [-0.25, -0.2) is 9.59 Å². The number of isocyanates is 2.